The Morgan fingerprint density at radius 2 is 2.16 bits per heavy atom. The first kappa shape index (κ1) is 15.6. The summed E-state index contributed by atoms with van der Waals surface area (Å²) in [5.41, 5.74) is 0. The maximum atomic E-state index is 11.6. The summed E-state index contributed by atoms with van der Waals surface area (Å²) in [5.74, 6) is -0.994. The molecule has 0 aromatic rings. The van der Waals surface area contributed by atoms with E-state index < -0.39 is 5.97 Å². The van der Waals surface area contributed by atoms with Crippen molar-refractivity contribution >= 4 is 17.8 Å². The molecule has 1 N–H and O–H groups in total. The first-order valence-electron chi connectivity index (χ1n) is 6.39. The minimum atomic E-state index is -0.415. The van der Waals surface area contributed by atoms with Gasteiger partial charge in [-0.15, -0.1) is 0 Å². The van der Waals surface area contributed by atoms with Crippen molar-refractivity contribution in [3.05, 3.63) is 0 Å². The fraction of sp³-hybridized carbons (Fsp3) is 0.750. The van der Waals surface area contributed by atoms with Crippen LogP contribution in [-0.2, 0) is 23.9 Å². The lowest BCUT2D eigenvalue weighted by molar-refractivity contribution is -0.149. The van der Waals surface area contributed by atoms with Gasteiger partial charge in [0.15, 0.2) is 0 Å². The molecule has 0 saturated carbocycles. The number of ether oxygens (including phenoxy) is 2. The molecular formula is C12H20N2O5. The van der Waals surface area contributed by atoms with Gasteiger partial charge in [0.25, 0.3) is 0 Å². The average Bonchev–Trinajstić information content (AvgIpc) is 2.34. The second-order valence-corrected chi connectivity index (χ2v) is 4.16. The van der Waals surface area contributed by atoms with Crippen molar-refractivity contribution in [2.24, 2.45) is 0 Å². The predicted octanol–water partition coefficient (Wildman–Crippen LogP) is -0.697. The Morgan fingerprint density at radius 1 is 1.42 bits per heavy atom. The number of carbonyl (C=O) groups is 3. The zero-order valence-corrected chi connectivity index (χ0v) is 11.3. The Bertz CT molecular complexity index is 345. The summed E-state index contributed by atoms with van der Waals surface area (Å²) >= 11 is 0. The molecule has 1 rings (SSSR count). The quantitative estimate of drug-likeness (QED) is 0.375. The summed E-state index contributed by atoms with van der Waals surface area (Å²) < 4.78 is 9.87. The number of esters is 1. The largest absolute Gasteiger partial charge is 0.464 e. The summed E-state index contributed by atoms with van der Waals surface area (Å²) in [6, 6.07) is -0.316. The Hall–Kier alpha value is -1.47. The highest BCUT2D eigenvalue weighted by Gasteiger charge is 2.31. The number of carbonyl (C=O) groups excluding carboxylic acids is 3. The second-order valence-electron chi connectivity index (χ2n) is 4.16. The lowest BCUT2D eigenvalue weighted by Gasteiger charge is -2.33. The van der Waals surface area contributed by atoms with Crippen LogP contribution in [0.5, 0.6) is 0 Å². The average molecular weight is 272 g/mol. The third kappa shape index (κ3) is 4.96. The van der Waals surface area contributed by atoms with Crippen LogP contribution in [0.2, 0.25) is 0 Å². The minimum absolute atomic E-state index is 0.112. The van der Waals surface area contributed by atoms with Crippen molar-refractivity contribution in [1.82, 2.24) is 10.2 Å². The van der Waals surface area contributed by atoms with Crippen LogP contribution in [0.3, 0.4) is 0 Å². The molecule has 1 heterocycles. The summed E-state index contributed by atoms with van der Waals surface area (Å²) in [4.78, 5) is 35.7. The first-order valence-corrected chi connectivity index (χ1v) is 6.39. The smallest absolute Gasteiger partial charge is 0.332 e. The van der Waals surface area contributed by atoms with E-state index in [1.54, 1.807) is 11.8 Å². The molecule has 0 aliphatic carbocycles. The van der Waals surface area contributed by atoms with Crippen molar-refractivity contribution in [1.29, 1.82) is 0 Å². The molecular weight excluding hydrogens is 252 g/mol. The van der Waals surface area contributed by atoms with Crippen molar-refractivity contribution in [2.45, 2.75) is 26.3 Å². The predicted molar refractivity (Wildman–Crippen MR) is 66.3 cm³/mol. The van der Waals surface area contributed by atoms with E-state index in [0.29, 0.717) is 19.6 Å². The molecule has 7 nitrogen and oxygen atoms in total. The zero-order chi connectivity index (χ0) is 14.3. The van der Waals surface area contributed by atoms with Crippen molar-refractivity contribution < 1.29 is 23.9 Å². The van der Waals surface area contributed by atoms with E-state index in [4.69, 9.17) is 9.47 Å². The van der Waals surface area contributed by atoms with E-state index >= 15 is 0 Å². The SMILES string of the molecule is CCOC(=O)COCCN1CC(=O)NC(=O)C1CC. The van der Waals surface area contributed by atoms with E-state index in [2.05, 4.69) is 5.32 Å². The first-order chi connectivity index (χ1) is 9.08. The molecule has 19 heavy (non-hydrogen) atoms. The topological polar surface area (TPSA) is 84.9 Å². The van der Waals surface area contributed by atoms with E-state index in [0.717, 1.165) is 0 Å². The van der Waals surface area contributed by atoms with Gasteiger partial charge in [-0.1, -0.05) is 6.92 Å². The highest BCUT2D eigenvalue weighted by atomic mass is 16.6. The molecule has 7 heteroatoms. The molecule has 0 bridgehead atoms. The molecule has 0 radical (unpaired) electrons. The molecule has 2 amide bonds. The van der Waals surface area contributed by atoms with E-state index in [1.165, 1.54) is 0 Å². The van der Waals surface area contributed by atoms with Gasteiger partial charge in [-0.3, -0.25) is 19.8 Å². The Morgan fingerprint density at radius 3 is 2.79 bits per heavy atom. The number of nitrogens with zero attached hydrogens (tertiary/aromatic N) is 1. The zero-order valence-electron chi connectivity index (χ0n) is 11.3. The third-order valence-electron chi connectivity index (χ3n) is 2.79. The van der Waals surface area contributed by atoms with E-state index in [-0.39, 0.29) is 37.6 Å². The Balaban J connectivity index is 2.32. The molecule has 1 saturated heterocycles. The molecule has 0 aromatic heterocycles. The molecule has 108 valence electrons. The van der Waals surface area contributed by atoms with E-state index in [9.17, 15) is 14.4 Å². The number of hydrogen-bond acceptors (Lipinski definition) is 6. The molecule has 1 fully saturated rings. The fourth-order valence-corrected chi connectivity index (χ4v) is 1.94. The highest BCUT2D eigenvalue weighted by Crippen LogP contribution is 2.08. The summed E-state index contributed by atoms with van der Waals surface area (Å²) in [6.07, 6.45) is 0.622. The van der Waals surface area contributed by atoms with Gasteiger partial charge in [-0.05, 0) is 13.3 Å². The van der Waals surface area contributed by atoms with Crippen LogP contribution < -0.4 is 5.32 Å². The highest BCUT2D eigenvalue weighted by molar-refractivity contribution is 6.01. The van der Waals surface area contributed by atoms with Gasteiger partial charge in [0.05, 0.1) is 25.8 Å². The number of rotatable bonds is 7. The second kappa shape index (κ2) is 7.85. The molecule has 1 atom stereocenters. The summed E-state index contributed by atoms with van der Waals surface area (Å²) in [5, 5.41) is 2.30. The minimum Gasteiger partial charge on any atom is -0.464 e. The molecule has 0 spiro atoms. The maximum Gasteiger partial charge on any atom is 0.332 e. The van der Waals surface area contributed by atoms with Gasteiger partial charge in [-0.25, -0.2) is 4.79 Å². The van der Waals surface area contributed by atoms with Gasteiger partial charge in [0, 0.05) is 6.54 Å². The Kier molecular flexibility index (Phi) is 6.44. The monoisotopic (exact) mass is 272 g/mol. The lowest BCUT2D eigenvalue weighted by Crippen LogP contribution is -2.58. The normalized spacial score (nSPS) is 20.2. The molecule has 1 aliphatic heterocycles. The van der Waals surface area contributed by atoms with Crippen LogP contribution in [0.1, 0.15) is 20.3 Å². The van der Waals surface area contributed by atoms with Crippen LogP contribution in [-0.4, -0.2) is 61.6 Å². The molecule has 1 aliphatic rings. The van der Waals surface area contributed by atoms with Crippen LogP contribution in [0.4, 0.5) is 0 Å². The number of nitrogens with one attached hydrogen (secondary N) is 1. The maximum absolute atomic E-state index is 11.6. The van der Waals surface area contributed by atoms with Crippen molar-refractivity contribution in [2.75, 3.05) is 32.9 Å². The van der Waals surface area contributed by atoms with Crippen LogP contribution >= 0.6 is 0 Å². The molecule has 1 unspecified atom stereocenters. The van der Waals surface area contributed by atoms with Gasteiger partial charge in [0.2, 0.25) is 11.8 Å². The van der Waals surface area contributed by atoms with Crippen molar-refractivity contribution in [3.63, 3.8) is 0 Å². The number of imide groups is 1. The van der Waals surface area contributed by atoms with Gasteiger partial charge in [0.1, 0.15) is 6.61 Å². The lowest BCUT2D eigenvalue weighted by atomic mass is 10.1. The Labute approximate surface area is 112 Å². The van der Waals surface area contributed by atoms with Crippen LogP contribution in [0.15, 0.2) is 0 Å². The summed E-state index contributed by atoms with van der Waals surface area (Å²) in [6.45, 7) is 4.69. The summed E-state index contributed by atoms with van der Waals surface area (Å²) in [7, 11) is 0. The fourth-order valence-electron chi connectivity index (χ4n) is 1.94. The number of amides is 2. The van der Waals surface area contributed by atoms with Crippen LogP contribution in [0.25, 0.3) is 0 Å². The van der Waals surface area contributed by atoms with Gasteiger partial charge < -0.3 is 9.47 Å². The van der Waals surface area contributed by atoms with Crippen molar-refractivity contribution in [3.8, 4) is 0 Å². The van der Waals surface area contributed by atoms with Crippen LogP contribution in [0, 0.1) is 0 Å². The standard InChI is InChI=1S/C12H20N2O5/c1-3-9-12(17)13-10(15)7-14(9)5-6-18-8-11(16)19-4-2/h9H,3-8H2,1-2H3,(H,13,15,17). The van der Waals surface area contributed by atoms with Gasteiger partial charge in [-0.2, -0.15) is 0 Å². The third-order valence-corrected chi connectivity index (χ3v) is 2.79. The van der Waals surface area contributed by atoms with E-state index in [1.807, 2.05) is 6.92 Å². The number of piperazine rings is 1. The van der Waals surface area contributed by atoms with Gasteiger partial charge >= 0.3 is 5.97 Å². The number of hydrogen-bond donors (Lipinski definition) is 1. The molecule has 0 aromatic carbocycles.